The summed E-state index contributed by atoms with van der Waals surface area (Å²) < 4.78 is 5.45. The third-order valence-electron chi connectivity index (χ3n) is 3.10. The third kappa shape index (κ3) is 3.62. The van der Waals surface area contributed by atoms with E-state index in [9.17, 15) is 4.79 Å². The second kappa shape index (κ2) is 6.48. The summed E-state index contributed by atoms with van der Waals surface area (Å²) in [7, 11) is 0. The fourth-order valence-electron chi connectivity index (χ4n) is 1.97. The molecule has 96 valence electrons. The predicted molar refractivity (Wildman–Crippen MR) is 69.4 cm³/mol. The Hall–Kier alpha value is -1.25. The first-order chi connectivity index (χ1) is 8.07. The lowest BCUT2D eigenvalue weighted by molar-refractivity contribution is 0.0951. The normalized spacial score (nSPS) is 10.6. The number of unbranched alkanes of at least 4 members (excludes halogenated alkanes) is 3. The molecular formula is C14H23NO2. The topological polar surface area (TPSA) is 42.2 Å². The summed E-state index contributed by atoms with van der Waals surface area (Å²) in [6, 6.07) is 0. The summed E-state index contributed by atoms with van der Waals surface area (Å²) in [5.41, 5.74) is 1.66. The van der Waals surface area contributed by atoms with E-state index in [1.807, 2.05) is 20.8 Å². The molecule has 1 heterocycles. The van der Waals surface area contributed by atoms with Gasteiger partial charge in [-0.1, -0.05) is 26.2 Å². The number of aryl methyl sites for hydroxylation is 2. The molecule has 0 aliphatic rings. The minimum absolute atomic E-state index is 0.00616. The van der Waals surface area contributed by atoms with E-state index in [-0.39, 0.29) is 5.91 Å². The molecule has 0 atom stereocenters. The predicted octanol–water partition coefficient (Wildman–Crippen LogP) is 3.51. The first-order valence-corrected chi connectivity index (χ1v) is 6.42. The lowest BCUT2D eigenvalue weighted by atomic mass is 10.1. The number of carbonyl (C=O) groups excluding carboxylic acids is 1. The van der Waals surface area contributed by atoms with Crippen molar-refractivity contribution in [3.05, 3.63) is 22.6 Å². The van der Waals surface area contributed by atoms with E-state index in [1.54, 1.807) is 0 Å². The minimum Gasteiger partial charge on any atom is -0.466 e. The molecule has 1 aromatic heterocycles. The van der Waals surface area contributed by atoms with Crippen molar-refractivity contribution in [1.29, 1.82) is 0 Å². The SMILES string of the molecule is CCCCCCNC(=O)c1c(C)oc(C)c1C. The summed E-state index contributed by atoms with van der Waals surface area (Å²) in [5.74, 6) is 1.54. The third-order valence-corrected chi connectivity index (χ3v) is 3.10. The van der Waals surface area contributed by atoms with Crippen LogP contribution in [0.4, 0.5) is 0 Å². The van der Waals surface area contributed by atoms with Crippen molar-refractivity contribution in [2.45, 2.75) is 53.4 Å². The first kappa shape index (κ1) is 13.8. The molecule has 1 N–H and O–H groups in total. The summed E-state index contributed by atoms with van der Waals surface area (Å²) >= 11 is 0. The zero-order valence-corrected chi connectivity index (χ0v) is 11.4. The highest BCUT2D eigenvalue weighted by molar-refractivity contribution is 5.96. The van der Waals surface area contributed by atoms with E-state index in [4.69, 9.17) is 4.42 Å². The van der Waals surface area contributed by atoms with Gasteiger partial charge in [-0.15, -0.1) is 0 Å². The molecule has 0 aromatic carbocycles. The number of hydrogen-bond donors (Lipinski definition) is 1. The van der Waals surface area contributed by atoms with Gasteiger partial charge in [0.05, 0.1) is 5.56 Å². The van der Waals surface area contributed by atoms with Crippen molar-refractivity contribution in [2.75, 3.05) is 6.54 Å². The van der Waals surface area contributed by atoms with E-state index in [0.29, 0.717) is 11.3 Å². The van der Waals surface area contributed by atoms with Gasteiger partial charge in [0.2, 0.25) is 0 Å². The van der Waals surface area contributed by atoms with Crippen molar-refractivity contribution in [3.8, 4) is 0 Å². The highest BCUT2D eigenvalue weighted by atomic mass is 16.3. The highest BCUT2D eigenvalue weighted by Crippen LogP contribution is 2.20. The fraction of sp³-hybridized carbons (Fsp3) is 0.643. The number of furan rings is 1. The summed E-state index contributed by atoms with van der Waals surface area (Å²) in [6.07, 6.45) is 4.68. The highest BCUT2D eigenvalue weighted by Gasteiger charge is 2.17. The van der Waals surface area contributed by atoms with Gasteiger partial charge in [0.25, 0.3) is 5.91 Å². The Kier molecular flexibility index (Phi) is 5.26. The van der Waals surface area contributed by atoms with E-state index in [1.165, 1.54) is 19.3 Å². The van der Waals surface area contributed by atoms with Crippen molar-refractivity contribution in [2.24, 2.45) is 0 Å². The molecule has 1 aromatic rings. The van der Waals surface area contributed by atoms with Crippen molar-refractivity contribution in [3.63, 3.8) is 0 Å². The lowest BCUT2D eigenvalue weighted by Crippen LogP contribution is -2.25. The number of amides is 1. The average Bonchev–Trinajstić information content (AvgIpc) is 2.53. The van der Waals surface area contributed by atoms with Gasteiger partial charge in [0.1, 0.15) is 11.5 Å². The molecule has 17 heavy (non-hydrogen) atoms. The van der Waals surface area contributed by atoms with E-state index in [2.05, 4.69) is 12.2 Å². The summed E-state index contributed by atoms with van der Waals surface area (Å²) in [5, 5.41) is 2.95. The molecule has 0 radical (unpaired) electrons. The molecule has 0 saturated carbocycles. The van der Waals surface area contributed by atoms with Crippen LogP contribution in [0.3, 0.4) is 0 Å². The maximum atomic E-state index is 12.0. The first-order valence-electron chi connectivity index (χ1n) is 6.42. The van der Waals surface area contributed by atoms with Crippen LogP contribution in [0, 0.1) is 20.8 Å². The molecule has 3 heteroatoms. The second-order valence-corrected chi connectivity index (χ2v) is 4.53. The average molecular weight is 237 g/mol. The van der Waals surface area contributed by atoms with Crippen LogP contribution < -0.4 is 5.32 Å². The number of rotatable bonds is 6. The van der Waals surface area contributed by atoms with Crippen LogP contribution in [0.5, 0.6) is 0 Å². The monoisotopic (exact) mass is 237 g/mol. The van der Waals surface area contributed by atoms with Gasteiger partial charge in [0, 0.05) is 12.1 Å². The van der Waals surface area contributed by atoms with Crippen LogP contribution in [-0.2, 0) is 0 Å². The summed E-state index contributed by atoms with van der Waals surface area (Å²) in [4.78, 5) is 12.0. The van der Waals surface area contributed by atoms with Crippen LogP contribution in [0.2, 0.25) is 0 Å². The molecule has 1 rings (SSSR count). The van der Waals surface area contributed by atoms with Crippen molar-refractivity contribution < 1.29 is 9.21 Å². The molecule has 3 nitrogen and oxygen atoms in total. The van der Waals surface area contributed by atoms with Gasteiger partial charge < -0.3 is 9.73 Å². The minimum atomic E-state index is -0.00616. The molecule has 0 unspecified atom stereocenters. The number of carbonyl (C=O) groups is 1. The van der Waals surface area contributed by atoms with Gasteiger partial charge >= 0.3 is 0 Å². The van der Waals surface area contributed by atoms with Gasteiger partial charge in [-0.3, -0.25) is 4.79 Å². The summed E-state index contributed by atoms with van der Waals surface area (Å²) in [6.45, 7) is 8.59. The Bertz CT molecular complexity index is 380. The van der Waals surface area contributed by atoms with E-state index < -0.39 is 0 Å². The molecule has 0 bridgehead atoms. The van der Waals surface area contributed by atoms with Crippen molar-refractivity contribution in [1.82, 2.24) is 5.32 Å². The standard InChI is InChI=1S/C14H23NO2/c1-5-6-7-8-9-15-14(16)13-10(2)11(3)17-12(13)4/h5-9H2,1-4H3,(H,15,16). The molecule has 0 fully saturated rings. The van der Waals surface area contributed by atoms with E-state index in [0.717, 1.165) is 24.3 Å². The molecule has 1 amide bonds. The maximum absolute atomic E-state index is 12.0. The van der Waals surface area contributed by atoms with Crippen LogP contribution in [0.15, 0.2) is 4.42 Å². The molecule has 0 saturated heterocycles. The zero-order valence-electron chi connectivity index (χ0n) is 11.4. The van der Waals surface area contributed by atoms with Crippen LogP contribution in [0.1, 0.15) is 60.0 Å². The van der Waals surface area contributed by atoms with Gasteiger partial charge in [-0.25, -0.2) is 0 Å². The van der Waals surface area contributed by atoms with Gasteiger partial charge in [-0.05, 0) is 27.2 Å². The molecule has 0 aliphatic heterocycles. The Balaban J connectivity index is 2.47. The maximum Gasteiger partial charge on any atom is 0.255 e. The van der Waals surface area contributed by atoms with Gasteiger partial charge in [-0.2, -0.15) is 0 Å². The van der Waals surface area contributed by atoms with Gasteiger partial charge in [0.15, 0.2) is 0 Å². The Morgan fingerprint density at radius 3 is 2.35 bits per heavy atom. The smallest absolute Gasteiger partial charge is 0.255 e. The van der Waals surface area contributed by atoms with Crippen LogP contribution >= 0.6 is 0 Å². The van der Waals surface area contributed by atoms with Crippen molar-refractivity contribution >= 4 is 5.91 Å². The zero-order chi connectivity index (χ0) is 12.8. The van der Waals surface area contributed by atoms with E-state index >= 15 is 0 Å². The molecule has 0 aliphatic carbocycles. The Labute approximate surface area is 104 Å². The second-order valence-electron chi connectivity index (χ2n) is 4.53. The molecular weight excluding hydrogens is 214 g/mol. The fourth-order valence-corrected chi connectivity index (χ4v) is 1.97. The Morgan fingerprint density at radius 1 is 1.12 bits per heavy atom. The molecule has 0 spiro atoms. The quantitative estimate of drug-likeness (QED) is 0.769. The lowest BCUT2D eigenvalue weighted by Gasteiger charge is -2.04. The number of hydrogen-bond acceptors (Lipinski definition) is 2. The Morgan fingerprint density at radius 2 is 1.82 bits per heavy atom. The van der Waals surface area contributed by atoms with Crippen LogP contribution in [0.25, 0.3) is 0 Å². The number of nitrogens with one attached hydrogen (secondary N) is 1. The van der Waals surface area contributed by atoms with Crippen LogP contribution in [-0.4, -0.2) is 12.5 Å². The largest absolute Gasteiger partial charge is 0.466 e.